The number of amides is 1. The number of hydrogen-bond acceptors (Lipinski definition) is 3. The van der Waals surface area contributed by atoms with Gasteiger partial charge in [-0.1, -0.05) is 6.07 Å². The number of halogens is 2. The van der Waals surface area contributed by atoms with Crippen LogP contribution in [0.2, 0.25) is 0 Å². The van der Waals surface area contributed by atoms with Crippen LogP contribution in [0, 0.1) is 13.8 Å². The molecule has 1 atom stereocenters. The van der Waals surface area contributed by atoms with Gasteiger partial charge in [0.15, 0.2) is 0 Å². The van der Waals surface area contributed by atoms with E-state index in [0.717, 1.165) is 19.4 Å². The van der Waals surface area contributed by atoms with Crippen molar-refractivity contribution in [2.45, 2.75) is 45.7 Å². The van der Waals surface area contributed by atoms with Crippen molar-refractivity contribution in [2.24, 2.45) is 0 Å². The van der Waals surface area contributed by atoms with Gasteiger partial charge >= 0.3 is 6.55 Å². The maximum Gasteiger partial charge on any atom is 0.333 e. The molecule has 0 aromatic carbocycles. The second kappa shape index (κ2) is 6.39. The molecule has 0 aliphatic carbocycles. The fourth-order valence-corrected chi connectivity index (χ4v) is 4.11. The molecule has 1 amide bonds. The Morgan fingerprint density at radius 2 is 2.26 bits per heavy atom. The van der Waals surface area contributed by atoms with Crippen molar-refractivity contribution in [3.63, 3.8) is 0 Å². The summed E-state index contributed by atoms with van der Waals surface area (Å²) in [7, 11) is 0. The number of carbonyl (C=O) groups is 1. The lowest BCUT2D eigenvalue weighted by molar-refractivity contribution is -0.131. The van der Waals surface area contributed by atoms with Gasteiger partial charge in [0.05, 0.1) is 18.2 Å². The Morgan fingerprint density at radius 1 is 1.48 bits per heavy atom. The van der Waals surface area contributed by atoms with Crippen LogP contribution >= 0.6 is 11.3 Å². The molecule has 3 heterocycles. The summed E-state index contributed by atoms with van der Waals surface area (Å²) in [4.78, 5) is 15.8. The van der Waals surface area contributed by atoms with Crippen LogP contribution in [0.4, 0.5) is 8.78 Å². The van der Waals surface area contributed by atoms with Crippen LogP contribution < -0.4 is 0 Å². The average molecular weight is 339 g/mol. The number of nitrogens with zero attached hydrogens (tertiary/aromatic N) is 3. The van der Waals surface area contributed by atoms with E-state index in [0.29, 0.717) is 21.6 Å². The highest BCUT2D eigenvalue weighted by Crippen LogP contribution is 2.35. The molecular weight excluding hydrogens is 320 g/mol. The molecule has 0 radical (unpaired) electrons. The Morgan fingerprint density at radius 3 is 2.87 bits per heavy atom. The van der Waals surface area contributed by atoms with Crippen molar-refractivity contribution < 1.29 is 13.6 Å². The number of rotatable bonds is 4. The summed E-state index contributed by atoms with van der Waals surface area (Å²) in [6, 6.07) is 4.15. The first-order chi connectivity index (χ1) is 11.0. The Labute approximate surface area is 137 Å². The zero-order valence-electron chi connectivity index (χ0n) is 13.1. The van der Waals surface area contributed by atoms with Crippen molar-refractivity contribution in [1.29, 1.82) is 0 Å². The highest BCUT2D eigenvalue weighted by atomic mass is 32.1. The van der Waals surface area contributed by atoms with Crippen LogP contribution in [0.5, 0.6) is 0 Å². The molecule has 124 valence electrons. The number of aryl methyl sites for hydroxylation is 1. The summed E-state index contributed by atoms with van der Waals surface area (Å²) in [5, 5.41) is 5.87. The first-order valence-corrected chi connectivity index (χ1v) is 8.52. The molecule has 0 unspecified atom stereocenters. The number of alkyl halides is 2. The zero-order valence-corrected chi connectivity index (χ0v) is 13.9. The van der Waals surface area contributed by atoms with Crippen molar-refractivity contribution >= 4 is 17.2 Å². The molecule has 0 N–H and O–H groups in total. The van der Waals surface area contributed by atoms with Gasteiger partial charge in [-0.05, 0) is 38.1 Å². The number of thiophene rings is 1. The molecule has 2 aromatic heterocycles. The lowest BCUT2D eigenvalue weighted by Crippen LogP contribution is -2.31. The second-order valence-electron chi connectivity index (χ2n) is 5.81. The van der Waals surface area contributed by atoms with E-state index < -0.39 is 6.55 Å². The van der Waals surface area contributed by atoms with E-state index >= 15 is 0 Å². The van der Waals surface area contributed by atoms with Crippen molar-refractivity contribution in [3.8, 4) is 0 Å². The van der Waals surface area contributed by atoms with E-state index in [1.54, 1.807) is 25.2 Å². The monoisotopic (exact) mass is 339 g/mol. The Balaban J connectivity index is 1.79. The molecule has 7 heteroatoms. The van der Waals surface area contributed by atoms with Crippen molar-refractivity contribution in [2.75, 3.05) is 6.54 Å². The number of likely N-dealkylation sites (tertiary alicyclic amines) is 1. The summed E-state index contributed by atoms with van der Waals surface area (Å²) in [6.45, 7) is 1.32. The van der Waals surface area contributed by atoms with Gasteiger partial charge < -0.3 is 4.90 Å². The maximum absolute atomic E-state index is 12.9. The largest absolute Gasteiger partial charge is 0.335 e. The predicted octanol–water partition coefficient (Wildman–Crippen LogP) is 3.86. The van der Waals surface area contributed by atoms with E-state index in [2.05, 4.69) is 5.10 Å². The van der Waals surface area contributed by atoms with Crippen molar-refractivity contribution in [1.82, 2.24) is 14.7 Å². The lowest BCUT2D eigenvalue weighted by Gasteiger charge is -2.24. The summed E-state index contributed by atoms with van der Waals surface area (Å²) >= 11 is 1.65. The number of carbonyl (C=O) groups excluding carboxylic acids is 1. The number of aromatic nitrogens is 2. The van der Waals surface area contributed by atoms with Gasteiger partial charge in [-0.3, -0.25) is 4.79 Å². The highest BCUT2D eigenvalue weighted by Gasteiger charge is 2.31. The normalized spacial score (nSPS) is 18.1. The molecule has 0 spiro atoms. The minimum absolute atomic E-state index is 0.0130. The lowest BCUT2D eigenvalue weighted by atomic mass is 10.1. The minimum Gasteiger partial charge on any atom is -0.335 e. The van der Waals surface area contributed by atoms with Gasteiger partial charge in [-0.25, -0.2) is 4.68 Å². The third kappa shape index (κ3) is 3.02. The first kappa shape index (κ1) is 16.1. The third-order valence-corrected chi connectivity index (χ3v) is 5.41. The van der Waals surface area contributed by atoms with E-state index in [1.807, 2.05) is 22.4 Å². The topological polar surface area (TPSA) is 38.1 Å². The SMILES string of the molecule is Cc1nn(C(F)F)c(C)c1CC(=O)N1CCC[C@@H]1c1cccs1. The third-order valence-electron chi connectivity index (χ3n) is 4.43. The smallest absolute Gasteiger partial charge is 0.333 e. The number of hydrogen-bond donors (Lipinski definition) is 0. The van der Waals surface area contributed by atoms with Gasteiger partial charge in [-0.2, -0.15) is 13.9 Å². The Hall–Kier alpha value is -1.76. The van der Waals surface area contributed by atoms with Crippen LogP contribution in [0.15, 0.2) is 17.5 Å². The average Bonchev–Trinajstić information content (AvgIpc) is 3.21. The molecule has 23 heavy (non-hydrogen) atoms. The van der Waals surface area contributed by atoms with Gasteiger partial charge in [0.1, 0.15) is 0 Å². The van der Waals surface area contributed by atoms with E-state index in [1.165, 1.54) is 4.88 Å². The van der Waals surface area contributed by atoms with Gasteiger partial charge in [0.25, 0.3) is 0 Å². The standard InChI is InChI=1S/C16H19F2N3OS/c1-10-12(11(2)21(19-10)16(17)18)9-15(22)20-7-3-5-13(20)14-6-4-8-23-14/h4,6,8,13,16H,3,5,7,9H2,1-2H3/t13-/m1/s1. The fourth-order valence-electron chi connectivity index (χ4n) is 3.24. The fraction of sp³-hybridized carbons (Fsp3) is 0.500. The summed E-state index contributed by atoms with van der Waals surface area (Å²) in [5.74, 6) is -0.0130. The van der Waals surface area contributed by atoms with Crippen LogP contribution in [-0.4, -0.2) is 27.1 Å². The quantitative estimate of drug-likeness (QED) is 0.848. The molecule has 2 aromatic rings. The minimum atomic E-state index is -2.68. The molecule has 4 nitrogen and oxygen atoms in total. The molecule has 1 saturated heterocycles. The van der Waals surface area contributed by atoms with Crippen LogP contribution in [0.3, 0.4) is 0 Å². The first-order valence-electron chi connectivity index (χ1n) is 7.64. The predicted molar refractivity (Wildman–Crippen MR) is 84.7 cm³/mol. The molecular formula is C16H19F2N3OS. The summed E-state index contributed by atoms with van der Waals surface area (Å²) < 4.78 is 26.5. The van der Waals surface area contributed by atoms with E-state index in [9.17, 15) is 13.6 Å². The molecule has 3 rings (SSSR count). The molecule has 0 bridgehead atoms. The van der Waals surface area contributed by atoms with Crippen LogP contribution in [-0.2, 0) is 11.2 Å². The molecule has 1 aliphatic rings. The zero-order chi connectivity index (χ0) is 16.6. The van der Waals surface area contributed by atoms with Crippen molar-refractivity contribution in [3.05, 3.63) is 39.3 Å². The highest BCUT2D eigenvalue weighted by molar-refractivity contribution is 7.10. The van der Waals surface area contributed by atoms with E-state index in [-0.39, 0.29) is 18.4 Å². The summed E-state index contributed by atoms with van der Waals surface area (Å²) in [6.07, 6.45) is 2.06. The Bertz CT molecular complexity index is 696. The van der Waals surface area contributed by atoms with Gasteiger partial charge in [0, 0.05) is 22.7 Å². The van der Waals surface area contributed by atoms with Crippen LogP contribution in [0.25, 0.3) is 0 Å². The van der Waals surface area contributed by atoms with E-state index in [4.69, 9.17) is 0 Å². The second-order valence-corrected chi connectivity index (χ2v) is 6.79. The van der Waals surface area contributed by atoms with Gasteiger partial charge in [-0.15, -0.1) is 11.3 Å². The Kier molecular flexibility index (Phi) is 4.48. The molecule has 1 fully saturated rings. The van der Waals surface area contributed by atoms with Crippen LogP contribution in [0.1, 0.15) is 47.3 Å². The molecule has 1 aliphatic heterocycles. The maximum atomic E-state index is 12.9. The molecule has 0 saturated carbocycles. The summed E-state index contributed by atoms with van der Waals surface area (Å²) in [5.41, 5.74) is 1.49. The van der Waals surface area contributed by atoms with Gasteiger partial charge in [0.2, 0.25) is 5.91 Å².